The highest BCUT2D eigenvalue weighted by atomic mass is 32.2. The van der Waals surface area contributed by atoms with E-state index in [1.807, 2.05) is 13.8 Å². The second kappa shape index (κ2) is 9.95. The normalized spacial score (nSPS) is 18.0. The topological polar surface area (TPSA) is 128 Å². The molecule has 1 fully saturated rings. The van der Waals surface area contributed by atoms with Gasteiger partial charge in [-0.25, -0.2) is 9.78 Å². The molecule has 2 aromatic rings. The zero-order valence-electron chi connectivity index (χ0n) is 21.9. The molecular weight excluding hydrogens is 494 g/mol. The first-order valence-corrected chi connectivity index (χ1v) is 13.7. The van der Waals surface area contributed by atoms with Gasteiger partial charge in [-0.2, -0.15) is 13.7 Å². The molecule has 1 heterocycles. The van der Waals surface area contributed by atoms with Crippen molar-refractivity contribution in [3.8, 4) is 11.9 Å². The Balaban J connectivity index is 1.42. The van der Waals surface area contributed by atoms with Crippen LogP contribution in [0, 0.1) is 31.1 Å². The molecule has 1 amide bonds. The zero-order valence-corrected chi connectivity index (χ0v) is 22.7. The number of ether oxygens (including phenoxy) is 2. The quantitative estimate of drug-likeness (QED) is 0.508. The Morgan fingerprint density at radius 1 is 1.16 bits per heavy atom. The monoisotopic (exact) mass is 527 g/mol. The molecule has 0 saturated heterocycles. The van der Waals surface area contributed by atoms with Crippen molar-refractivity contribution >= 4 is 16.2 Å². The van der Waals surface area contributed by atoms with Crippen molar-refractivity contribution in [2.24, 2.45) is 5.92 Å². The number of rotatable bonds is 8. The Bertz CT molecular complexity index is 1340. The van der Waals surface area contributed by atoms with E-state index in [9.17, 15) is 18.5 Å². The lowest BCUT2D eigenvalue weighted by atomic mass is 10.0. The smallest absolute Gasteiger partial charge is 0.408 e. The minimum absolute atomic E-state index is 0.00824. The average molecular weight is 528 g/mol. The third-order valence-electron chi connectivity index (χ3n) is 6.56. The van der Waals surface area contributed by atoms with Crippen molar-refractivity contribution in [2.75, 3.05) is 13.2 Å². The molecule has 4 rings (SSSR count). The zero-order chi connectivity index (χ0) is 27.0. The number of benzene rings is 1. The van der Waals surface area contributed by atoms with Gasteiger partial charge in [-0.1, -0.05) is 17.7 Å². The first-order valence-electron chi connectivity index (χ1n) is 12.3. The van der Waals surface area contributed by atoms with Crippen LogP contribution in [0.1, 0.15) is 61.6 Å². The number of hydrogen-bond acceptors (Lipinski definition) is 8. The molecule has 1 N–H and O–H groups in total. The summed E-state index contributed by atoms with van der Waals surface area (Å²) in [7, 11) is -3.88. The lowest BCUT2D eigenvalue weighted by Crippen LogP contribution is -2.44. The van der Waals surface area contributed by atoms with Crippen LogP contribution < -0.4 is 10.1 Å². The number of carbonyl (C=O) groups is 1. The van der Waals surface area contributed by atoms with Gasteiger partial charge in [0.15, 0.2) is 0 Å². The minimum Gasteiger partial charge on any atom is -0.474 e. The molecular formula is C27H33N3O6S. The summed E-state index contributed by atoms with van der Waals surface area (Å²) in [4.78, 5) is 16.9. The first-order chi connectivity index (χ1) is 17.3. The molecule has 1 saturated carbocycles. The molecule has 1 unspecified atom stereocenters. The van der Waals surface area contributed by atoms with Crippen molar-refractivity contribution < 1.29 is 26.9 Å². The summed E-state index contributed by atoms with van der Waals surface area (Å²) in [5.41, 5.74) is 2.64. The summed E-state index contributed by atoms with van der Waals surface area (Å²) in [6, 6.07) is 8.74. The van der Waals surface area contributed by atoms with Crippen LogP contribution in [0.15, 0.2) is 29.2 Å². The van der Waals surface area contributed by atoms with Crippen molar-refractivity contribution in [3.63, 3.8) is 0 Å². The van der Waals surface area contributed by atoms with Crippen molar-refractivity contribution in [1.29, 1.82) is 5.26 Å². The summed E-state index contributed by atoms with van der Waals surface area (Å²) in [6.45, 7) is 9.32. The lowest BCUT2D eigenvalue weighted by Gasteiger charge is -2.23. The molecule has 198 valence electrons. The van der Waals surface area contributed by atoms with Gasteiger partial charge in [0.1, 0.15) is 23.8 Å². The maximum absolute atomic E-state index is 12.6. The van der Waals surface area contributed by atoms with E-state index < -0.39 is 27.4 Å². The molecule has 0 bridgehead atoms. The Morgan fingerprint density at radius 3 is 2.41 bits per heavy atom. The molecule has 1 aromatic carbocycles. The largest absolute Gasteiger partial charge is 0.474 e. The van der Waals surface area contributed by atoms with E-state index in [1.54, 1.807) is 32.9 Å². The highest BCUT2D eigenvalue weighted by Gasteiger charge is 2.46. The van der Waals surface area contributed by atoms with Gasteiger partial charge in [0.05, 0.1) is 17.0 Å². The van der Waals surface area contributed by atoms with Crippen LogP contribution in [0.4, 0.5) is 4.79 Å². The molecule has 0 spiro atoms. The Hall–Kier alpha value is -3.16. The molecule has 10 heteroatoms. The van der Waals surface area contributed by atoms with Crippen molar-refractivity contribution in [3.05, 3.63) is 52.2 Å². The molecule has 0 radical (unpaired) electrons. The van der Waals surface area contributed by atoms with Gasteiger partial charge in [0.2, 0.25) is 5.88 Å². The first kappa shape index (κ1) is 26.9. The third-order valence-corrected chi connectivity index (χ3v) is 7.85. The van der Waals surface area contributed by atoms with Crippen LogP contribution in [0.5, 0.6) is 5.88 Å². The minimum atomic E-state index is -3.88. The van der Waals surface area contributed by atoms with E-state index in [0.29, 0.717) is 18.4 Å². The van der Waals surface area contributed by atoms with Gasteiger partial charge >= 0.3 is 6.09 Å². The van der Waals surface area contributed by atoms with Gasteiger partial charge < -0.3 is 14.8 Å². The van der Waals surface area contributed by atoms with E-state index in [0.717, 1.165) is 35.2 Å². The number of pyridine rings is 1. The highest BCUT2D eigenvalue weighted by Crippen LogP contribution is 2.39. The number of carbonyl (C=O) groups excluding carboxylic acids is 1. The Kier molecular flexibility index (Phi) is 7.23. The molecule has 1 aromatic heterocycles. The predicted molar refractivity (Wildman–Crippen MR) is 136 cm³/mol. The summed E-state index contributed by atoms with van der Waals surface area (Å²) in [5, 5.41) is 12.8. The lowest BCUT2D eigenvalue weighted by molar-refractivity contribution is 0.0476. The molecule has 9 nitrogen and oxygen atoms in total. The number of amides is 1. The molecule has 1 atom stereocenters. The van der Waals surface area contributed by atoms with E-state index >= 15 is 0 Å². The van der Waals surface area contributed by atoms with Gasteiger partial charge in [0.25, 0.3) is 10.1 Å². The summed E-state index contributed by atoms with van der Waals surface area (Å²) >= 11 is 0. The summed E-state index contributed by atoms with van der Waals surface area (Å²) < 4.78 is 41.9. The summed E-state index contributed by atoms with van der Waals surface area (Å²) in [6.07, 6.45) is 2.04. The predicted octanol–water partition coefficient (Wildman–Crippen LogP) is 4.13. The maximum atomic E-state index is 12.6. The van der Waals surface area contributed by atoms with E-state index in [4.69, 9.17) is 13.7 Å². The second-order valence-corrected chi connectivity index (χ2v) is 12.6. The number of aryl methyl sites for hydroxylation is 2. The number of fused-ring (bicyclic) bond motifs is 1. The van der Waals surface area contributed by atoms with Crippen LogP contribution in [0.3, 0.4) is 0 Å². The van der Waals surface area contributed by atoms with Crippen molar-refractivity contribution in [2.45, 2.75) is 76.3 Å². The number of nitriles is 1. The SMILES string of the molecule is Cc1ccc(S(=O)(=O)OCC2Cc3c(C)nc(OCC4(NC(=O)OC(C)(C)C)CC4)c(C#N)c3C2)cc1. The number of alkyl carbamates (subject to hydrolysis) is 1. The van der Waals surface area contributed by atoms with Gasteiger partial charge in [-0.15, -0.1) is 0 Å². The van der Waals surface area contributed by atoms with Crippen LogP contribution in [0.25, 0.3) is 0 Å². The van der Waals surface area contributed by atoms with Gasteiger partial charge in [-0.3, -0.25) is 4.18 Å². The molecule has 2 aliphatic rings. The molecule has 2 aliphatic carbocycles. The molecule has 37 heavy (non-hydrogen) atoms. The van der Waals surface area contributed by atoms with Crippen LogP contribution in [-0.4, -0.2) is 43.8 Å². The van der Waals surface area contributed by atoms with E-state index in [-0.39, 0.29) is 29.9 Å². The van der Waals surface area contributed by atoms with Gasteiger partial charge in [-0.05, 0) is 89.5 Å². The van der Waals surface area contributed by atoms with E-state index in [2.05, 4.69) is 16.4 Å². The number of nitrogens with one attached hydrogen (secondary N) is 1. The Morgan fingerprint density at radius 2 is 1.81 bits per heavy atom. The molecule has 0 aliphatic heterocycles. The standard InChI is InChI=1S/C27H33N3O6S/c1-17-6-8-20(9-7-17)37(32,33)35-15-19-12-21-18(2)29-24(23(14-28)22(21)13-19)34-16-27(10-11-27)30-25(31)36-26(3,4)5/h6-9,19H,10-13,15-16H2,1-5H3,(H,30,31). The van der Waals surface area contributed by atoms with Crippen LogP contribution in [-0.2, 0) is 31.9 Å². The fourth-order valence-corrected chi connectivity index (χ4v) is 5.38. The fourth-order valence-electron chi connectivity index (χ4n) is 4.40. The Labute approximate surface area is 218 Å². The number of aromatic nitrogens is 1. The van der Waals surface area contributed by atoms with Crippen molar-refractivity contribution in [1.82, 2.24) is 10.3 Å². The maximum Gasteiger partial charge on any atom is 0.408 e. The highest BCUT2D eigenvalue weighted by molar-refractivity contribution is 7.86. The van der Waals surface area contributed by atoms with Crippen LogP contribution >= 0.6 is 0 Å². The second-order valence-electron chi connectivity index (χ2n) is 11.0. The van der Waals surface area contributed by atoms with Gasteiger partial charge in [0, 0.05) is 5.69 Å². The average Bonchev–Trinajstić information content (AvgIpc) is 3.41. The third kappa shape index (κ3) is 6.40. The number of hydrogen-bond donors (Lipinski definition) is 1. The van der Waals surface area contributed by atoms with E-state index in [1.165, 1.54) is 12.1 Å². The fraction of sp³-hybridized carbons (Fsp3) is 0.519. The summed E-state index contributed by atoms with van der Waals surface area (Å²) in [5.74, 6) is 0.117. The van der Waals surface area contributed by atoms with Crippen LogP contribution in [0.2, 0.25) is 0 Å². The number of nitrogens with zero attached hydrogens (tertiary/aromatic N) is 2.